The van der Waals surface area contributed by atoms with Gasteiger partial charge in [0.2, 0.25) is 0 Å². The van der Waals surface area contributed by atoms with Crippen molar-refractivity contribution in [3.05, 3.63) is 0 Å². The minimum atomic E-state index is 0.736. The van der Waals surface area contributed by atoms with E-state index in [1.54, 1.807) is 0 Å². The molecular weight excluding hydrogens is 172 g/mol. The van der Waals surface area contributed by atoms with Crippen molar-refractivity contribution in [1.82, 2.24) is 10.2 Å². The topological polar surface area (TPSA) is 15.3 Å². The first-order valence-corrected chi connectivity index (χ1v) is 6.08. The zero-order chi connectivity index (χ0) is 10.4. The van der Waals surface area contributed by atoms with Crippen LogP contribution in [0.25, 0.3) is 0 Å². The van der Waals surface area contributed by atoms with E-state index < -0.39 is 0 Å². The maximum Gasteiger partial charge on any atom is 0.00670 e. The first-order chi connectivity index (χ1) is 6.70. The second-order valence-electron chi connectivity index (χ2n) is 4.94. The first kappa shape index (κ1) is 12.0. The Morgan fingerprint density at radius 1 is 1.29 bits per heavy atom. The summed E-state index contributed by atoms with van der Waals surface area (Å²) in [5, 5.41) is 3.65. The van der Waals surface area contributed by atoms with Crippen LogP contribution in [0.4, 0.5) is 0 Å². The molecule has 0 unspecified atom stereocenters. The predicted molar refractivity (Wildman–Crippen MR) is 62.6 cm³/mol. The molecule has 1 aliphatic carbocycles. The number of nitrogens with one attached hydrogen (secondary N) is 1. The molecular formula is C12H26N2. The third kappa shape index (κ3) is 4.43. The van der Waals surface area contributed by atoms with E-state index in [9.17, 15) is 0 Å². The van der Waals surface area contributed by atoms with E-state index in [2.05, 4.69) is 31.2 Å². The highest BCUT2D eigenvalue weighted by Crippen LogP contribution is 2.27. The number of hydrogen-bond donors (Lipinski definition) is 1. The van der Waals surface area contributed by atoms with Gasteiger partial charge in [0.05, 0.1) is 0 Å². The van der Waals surface area contributed by atoms with Crippen LogP contribution in [0.5, 0.6) is 0 Å². The van der Waals surface area contributed by atoms with Gasteiger partial charge in [-0.05, 0) is 59.3 Å². The molecule has 0 aromatic heterocycles. The molecule has 0 heterocycles. The fourth-order valence-electron chi connectivity index (χ4n) is 2.35. The Morgan fingerprint density at radius 2 is 1.93 bits per heavy atom. The Bertz CT molecular complexity index is 139. The van der Waals surface area contributed by atoms with E-state index in [1.807, 2.05) is 0 Å². The lowest BCUT2D eigenvalue weighted by atomic mass is 10.00. The van der Waals surface area contributed by atoms with Crippen LogP contribution in [0.15, 0.2) is 0 Å². The van der Waals surface area contributed by atoms with Crippen LogP contribution in [0.3, 0.4) is 0 Å². The molecule has 0 aromatic carbocycles. The molecule has 14 heavy (non-hydrogen) atoms. The molecule has 84 valence electrons. The van der Waals surface area contributed by atoms with Crippen molar-refractivity contribution in [3.8, 4) is 0 Å². The SMILES string of the molecule is C[C@H](NCCCN(C)C)C1CCCC1. The summed E-state index contributed by atoms with van der Waals surface area (Å²) in [5.41, 5.74) is 0. The Balaban J connectivity index is 1.99. The molecule has 0 aromatic rings. The van der Waals surface area contributed by atoms with Crippen LogP contribution in [-0.4, -0.2) is 38.1 Å². The lowest BCUT2D eigenvalue weighted by Gasteiger charge is -2.20. The second kappa shape index (κ2) is 6.41. The van der Waals surface area contributed by atoms with Gasteiger partial charge in [-0.2, -0.15) is 0 Å². The van der Waals surface area contributed by atoms with Crippen molar-refractivity contribution in [2.45, 2.75) is 45.1 Å². The third-order valence-electron chi connectivity index (χ3n) is 3.36. The maximum atomic E-state index is 3.65. The summed E-state index contributed by atoms with van der Waals surface area (Å²) in [7, 11) is 4.28. The molecule has 2 nitrogen and oxygen atoms in total. The zero-order valence-electron chi connectivity index (χ0n) is 10.1. The molecule has 1 atom stereocenters. The summed E-state index contributed by atoms with van der Waals surface area (Å²) in [6, 6.07) is 0.736. The molecule has 0 spiro atoms. The van der Waals surface area contributed by atoms with Crippen molar-refractivity contribution < 1.29 is 0 Å². The van der Waals surface area contributed by atoms with Crippen molar-refractivity contribution in [1.29, 1.82) is 0 Å². The van der Waals surface area contributed by atoms with E-state index in [-0.39, 0.29) is 0 Å². The molecule has 1 aliphatic rings. The molecule has 0 amide bonds. The highest BCUT2D eigenvalue weighted by atomic mass is 15.1. The first-order valence-electron chi connectivity index (χ1n) is 6.08. The lowest BCUT2D eigenvalue weighted by Crippen LogP contribution is -2.34. The molecule has 0 aliphatic heterocycles. The van der Waals surface area contributed by atoms with E-state index in [4.69, 9.17) is 0 Å². The Labute approximate surface area is 89.1 Å². The Hall–Kier alpha value is -0.0800. The van der Waals surface area contributed by atoms with Gasteiger partial charge in [0.15, 0.2) is 0 Å². The average molecular weight is 198 g/mol. The van der Waals surface area contributed by atoms with Gasteiger partial charge in [-0.3, -0.25) is 0 Å². The summed E-state index contributed by atoms with van der Waals surface area (Å²) < 4.78 is 0. The highest BCUT2D eigenvalue weighted by Gasteiger charge is 2.20. The zero-order valence-corrected chi connectivity index (χ0v) is 10.1. The molecule has 2 heteroatoms. The smallest absolute Gasteiger partial charge is 0.00670 e. The van der Waals surface area contributed by atoms with Crippen molar-refractivity contribution >= 4 is 0 Å². The van der Waals surface area contributed by atoms with E-state index in [0.717, 1.165) is 12.0 Å². The van der Waals surface area contributed by atoms with E-state index >= 15 is 0 Å². The highest BCUT2D eigenvalue weighted by molar-refractivity contribution is 4.77. The fourth-order valence-corrected chi connectivity index (χ4v) is 2.35. The normalized spacial score (nSPS) is 20.6. The van der Waals surface area contributed by atoms with Crippen LogP contribution >= 0.6 is 0 Å². The maximum absolute atomic E-state index is 3.65. The van der Waals surface area contributed by atoms with Gasteiger partial charge >= 0.3 is 0 Å². The summed E-state index contributed by atoms with van der Waals surface area (Å²) in [5.74, 6) is 0.953. The average Bonchev–Trinajstić information content (AvgIpc) is 2.64. The van der Waals surface area contributed by atoms with Crippen molar-refractivity contribution in [3.63, 3.8) is 0 Å². The van der Waals surface area contributed by atoms with Crippen LogP contribution in [0.1, 0.15) is 39.0 Å². The van der Waals surface area contributed by atoms with E-state index in [1.165, 1.54) is 45.2 Å². The van der Waals surface area contributed by atoms with Crippen molar-refractivity contribution in [2.75, 3.05) is 27.2 Å². The predicted octanol–water partition coefficient (Wildman–Crippen LogP) is 2.11. The molecule has 1 saturated carbocycles. The monoisotopic (exact) mass is 198 g/mol. The minimum absolute atomic E-state index is 0.736. The summed E-state index contributed by atoms with van der Waals surface area (Å²) >= 11 is 0. The fraction of sp³-hybridized carbons (Fsp3) is 1.00. The molecule has 0 radical (unpaired) electrons. The summed E-state index contributed by atoms with van der Waals surface area (Å²) in [6.07, 6.45) is 7.07. The number of rotatable bonds is 6. The molecule has 1 fully saturated rings. The van der Waals surface area contributed by atoms with Crippen molar-refractivity contribution in [2.24, 2.45) is 5.92 Å². The third-order valence-corrected chi connectivity index (χ3v) is 3.36. The van der Waals surface area contributed by atoms with E-state index in [0.29, 0.717) is 0 Å². The Morgan fingerprint density at radius 3 is 2.50 bits per heavy atom. The van der Waals surface area contributed by atoms with Gasteiger partial charge in [0, 0.05) is 6.04 Å². The Kier molecular flexibility index (Phi) is 5.49. The van der Waals surface area contributed by atoms with Gasteiger partial charge < -0.3 is 10.2 Å². The summed E-state index contributed by atoms with van der Waals surface area (Å²) in [4.78, 5) is 2.25. The van der Waals surface area contributed by atoms with Gasteiger partial charge in [-0.25, -0.2) is 0 Å². The van der Waals surface area contributed by atoms with Crippen LogP contribution in [0, 0.1) is 5.92 Å². The largest absolute Gasteiger partial charge is 0.314 e. The summed E-state index contributed by atoms with van der Waals surface area (Å²) in [6.45, 7) is 4.73. The van der Waals surface area contributed by atoms with Gasteiger partial charge in [0.1, 0.15) is 0 Å². The molecule has 0 saturated heterocycles. The van der Waals surface area contributed by atoms with Gasteiger partial charge in [0.25, 0.3) is 0 Å². The number of hydrogen-bond acceptors (Lipinski definition) is 2. The lowest BCUT2D eigenvalue weighted by molar-refractivity contribution is 0.353. The molecule has 0 bridgehead atoms. The molecule has 1 N–H and O–H groups in total. The standard InChI is InChI=1S/C12H26N2/c1-11(12-7-4-5-8-12)13-9-6-10-14(2)3/h11-13H,4-10H2,1-3H3/t11-/m0/s1. The van der Waals surface area contributed by atoms with Crippen LogP contribution in [0.2, 0.25) is 0 Å². The van der Waals surface area contributed by atoms with Gasteiger partial charge in [-0.15, -0.1) is 0 Å². The quantitative estimate of drug-likeness (QED) is 0.658. The van der Waals surface area contributed by atoms with Crippen LogP contribution < -0.4 is 5.32 Å². The number of nitrogens with zero attached hydrogens (tertiary/aromatic N) is 1. The molecule has 1 rings (SSSR count). The minimum Gasteiger partial charge on any atom is -0.314 e. The van der Waals surface area contributed by atoms with Gasteiger partial charge in [-0.1, -0.05) is 12.8 Å². The van der Waals surface area contributed by atoms with Crippen LogP contribution in [-0.2, 0) is 0 Å². The second-order valence-corrected chi connectivity index (χ2v) is 4.94.